The Bertz CT molecular complexity index is 515. The Hall–Kier alpha value is -1.90. The van der Waals surface area contributed by atoms with E-state index < -0.39 is 18.5 Å². The van der Waals surface area contributed by atoms with Crippen LogP contribution < -0.4 is 21.1 Å². The van der Waals surface area contributed by atoms with Crippen LogP contribution in [0, 0.1) is 0 Å². The number of nitrogens with one attached hydrogen (secondary N) is 2. The molecule has 0 aromatic carbocycles. The van der Waals surface area contributed by atoms with Crippen molar-refractivity contribution < 1.29 is 22.7 Å². The molecule has 0 spiro atoms. The molecular weight excluding hydrogens is 307 g/mol. The van der Waals surface area contributed by atoms with Gasteiger partial charge in [-0.15, -0.1) is 17.9 Å². The minimum atomic E-state index is -4.26. The van der Waals surface area contributed by atoms with Crippen LogP contribution in [-0.2, 0) is 0 Å². The van der Waals surface area contributed by atoms with Gasteiger partial charge in [0.15, 0.2) is 5.75 Å². The first kappa shape index (κ1) is 17.2. The zero-order valence-electron chi connectivity index (χ0n) is 11.3. The zero-order valence-corrected chi connectivity index (χ0v) is 12.2. The Morgan fingerprint density at radius 2 is 2.19 bits per heavy atom. The van der Waals surface area contributed by atoms with Gasteiger partial charge in [-0.3, -0.25) is 4.79 Å². The SMILES string of the molecule is C=CCNC(=O)c1sc(NCCC(F)(F)F)c(OC)c1N. The molecule has 0 aliphatic carbocycles. The number of carbonyl (C=O) groups is 1. The number of thiophene rings is 1. The second-order valence-electron chi connectivity index (χ2n) is 4.00. The Balaban J connectivity index is 2.85. The number of nitrogen functional groups attached to an aromatic ring is 1. The van der Waals surface area contributed by atoms with Gasteiger partial charge < -0.3 is 21.1 Å². The van der Waals surface area contributed by atoms with Crippen LogP contribution in [0.15, 0.2) is 12.7 Å². The highest BCUT2D eigenvalue weighted by molar-refractivity contribution is 7.19. The summed E-state index contributed by atoms with van der Waals surface area (Å²) < 4.78 is 41.4. The van der Waals surface area contributed by atoms with Gasteiger partial charge in [0.25, 0.3) is 5.91 Å². The van der Waals surface area contributed by atoms with Gasteiger partial charge in [-0.2, -0.15) is 13.2 Å². The van der Waals surface area contributed by atoms with Crippen LogP contribution in [0.2, 0.25) is 0 Å². The van der Waals surface area contributed by atoms with Crippen molar-refractivity contribution in [2.45, 2.75) is 12.6 Å². The van der Waals surface area contributed by atoms with E-state index in [4.69, 9.17) is 10.5 Å². The van der Waals surface area contributed by atoms with E-state index in [1.54, 1.807) is 0 Å². The lowest BCUT2D eigenvalue weighted by molar-refractivity contribution is -0.131. The molecule has 1 aromatic heterocycles. The molecule has 0 bridgehead atoms. The van der Waals surface area contributed by atoms with E-state index in [1.165, 1.54) is 13.2 Å². The Kier molecular flexibility index (Phi) is 5.89. The topological polar surface area (TPSA) is 76.4 Å². The fourth-order valence-electron chi connectivity index (χ4n) is 1.48. The molecule has 0 saturated carbocycles. The van der Waals surface area contributed by atoms with E-state index in [-0.39, 0.29) is 29.4 Å². The van der Waals surface area contributed by atoms with Crippen LogP contribution in [0.5, 0.6) is 5.75 Å². The predicted molar refractivity (Wildman–Crippen MR) is 77.0 cm³/mol. The summed E-state index contributed by atoms with van der Waals surface area (Å²) in [6.45, 7) is 3.40. The normalized spacial score (nSPS) is 11.0. The third-order valence-electron chi connectivity index (χ3n) is 2.41. The largest absolute Gasteiger partial charge is 0.492 e. The number of hydrogen-bond donors (Lipinski definition) is 3. The predicted octanol–water partition coefficient (Wildman–Crippen LogP) is 2.62. The van der Waals surface area contributed by atoms with Crippen molar-refractivity contribution in [2.24, 2.45) is 0 Å². The van der Waals surface area contributed by atoms with Crippen LogP contribution >= 0.6 is 11.3 Å². The Labute approximate surface area is 124 Å². The number of methoxy groups -OCH3 is 1. The quantitative estimate of drug-likeness (QED) is 0.674. The zero-order chi connectivity index (χ0) is 16.0. The molecular formula is C12H16F3N3O2S. The number of amides is 1. The fourth-order valence-corrected chi connectivity index (χ4v) is 2.51. The monoisotopic (exact) mass is 323 g/mol. The first-order chi connectivity index (χ1) is 9.80. The van der Waals surface area contributed by atoms with E-state index in [0.717, 1.165) is 11.3 Å². The van der Waals surface area contributed by atoms with Crippen molar-refractivity contribution in [3.8, 4) is 5.75 Å². The molecule has 0 aliphatic rings. The smallest absolute Gasteiger partial charge is 0.390 e. The highest BCUT2D eigenvalue weighted by Crippen LogP contribution is 2.42. The van der Waals surface area contributed by atoms with E-state index in [9.17, 15) is 18.0 Å². The molecule has 1 aromatic rings. The fraction of sp³-hybridized carbons (Fsp3) is 0.417. The number of nitrogens with two attached hydrogens (primary N) is 1. The summed E-state index contributed by atoms with van der Waals surface area (Å²) in [5.41, 5.74) is 5.88. The first-order valence-corrected chi connectivity index (χ1v) is 6.77. The highest BCUT2D eigenvalue weighted by Gasteiger charge is 2.27. The number of hydrogen-bond acceptors (Lipinski definition) is 5. The van der Waals surface area contributed by atoms with E-state index in [1.807, 2.05) is 0 Å². The highest BCUT2D eigenvalue weighted by atomic mass is 32.1. The first-order valence-electron chi connectivity index (χ1n) is 5.96. The summed E-state index contributed by atoms with van der Waals surface area (Å²) in [5.74, 6) is -0.259. The lowest BCUT2D eigenvalue weighted by Gasteiger charge is -2.08. The summed E-state index contributed by atoms with van der Waals surface area (Å²) in [6.07, 6.45) is -3.75. The number of halogens is 3. The van der Waals surface area contributed by atoms with Crippen LogP contribution in [0.25, 0.3) is 0 Å². The van der Waals surface area contributed by atoms with Gasteiger partial charge >= 0.3 is 6.18 Å². The number of ether oxygens (including phenoxy) is 1. The maximum atomic E-state index is 12.1. The molecule has 0 unspecified atom stereocenters. The number of rotatable bonds is 7. The summed E-state index contributed by atoms with van der Waals surface area (Å²) >= 11 is 0.945. The van der Waals surface area contributed by atoms with Crippen molar-refractivity contribution in [1.82, 2.24) is 5.32 Å². The molecule has 1 amide bonds. The standard InChI is InChI=1S/C12H16F3N3O2S/c1-3-5-17-10(19)9-7(16)8(20-2)11(21-9)18-6-4-12(13,14)15/h3,18H,1,4-6,16H2,2H3,(H,17,19). The van der Waals surface area contributed by atoms with E-state index >= 15 is 0 Å². The van der Waals surface area contributed by atoms with Gasteiger partial charge in [-0.05, 0) is 0 Å². The van der Waals surface area contributed by atoms with Gasteiger partial charge in [0, 0.05) is 13.1 Å². The summed E-state index contributed by atoms with van der Waals surface area (Å²) in [5, 5.41) is 5.43. The summed E-state index contributed by atoms with van der Waals surface area (Å²) in [7, 11) is 1.33. The molecule has 0 radical (unpaired) electrons. The molecule has 21 heavy (non-hydrogen) atoms. The van der Waals surface area contributed by atoms with E-state index in [0.29, 0.717) is 5.00 Å². The van der Waals surface area contributed by atoms with Gasteiger partial charge in [0.05, 0.1) is 13.5 Å². The molecule has 118 valence electrons. The maximum Gasteiger partial charge on any atom is 0.390 e. The molecule has 1 heterocycles. The van der Waals surface area contributed by atoms with Gasteiger partial charge in [-0.1, -0.05) is 6.08 Å². The Morgan fingerprint density at radius 3 is 2.71 bits per heavy atom. The molecule has 4 N–H and O–H groups in total. The van der Waals surface area contributed by atoms with Crippen LogP contribution in [0.1, 0.15) is 16.1 Å². The van der Waals surface area contributed by atoms with E-state index in [2.05, 4.69) is 17.2 Å². The van der Waals surface area contributed by atoms with Crippen molar-refractivity contribution in [2.75, 3.05) is 31.2 Å². The third-order valence-corrected chi connectivity index (χ3v) is 3.55. The second-order valence-corrected chi connectivity index (χ2v) is 5.02. The van der Waals surface area contributed by atoms with Gasteiger partial charge in [-0.25, -0.2) is 0 Å². The lowest BCUT2D eigenvalue weighted by atomic mass is 10.3. The minimum absolute atomic E-state index is 0.0959. The third kappa shape index (κ3) is 4.85. The maximum absolute atomic E-state index is 12.1. The molecule has 0 aliphatic heterocycles. The van der Waals surface area contributed by atoms with Gasteiger partial charge in [0.1, 0.15) is 15.6 Å². The average molecular weight is 323 g/mol. The molecule has 9 heteroatoms. The average Bonchev–Trinajstić information content (AvgIpc) is 2.71. The number of anilines is 2. The number of alkyl halides is 3. The summed E-state index contributed by atoms with van der Waals surface area (Å²) in [4.78, 5) is 12.0. The minimum Gasteiger partial charge on any atom is -0.492 e. The molecule has 0 saturated heterocycles. The molecule has 0 atom stereocenters. The summed E-state index contributed by atoms with van der Waals surface area (Å²) in [6, 6.07) is 0. The van der Waals surface area contributed by atoms with Crippen LogP contribution in [0.3, 0.4) is 0 Å². The molecule has 0 fully saturated rings. The van der Waals surface area contributed by atoms with Crippen molar-refractivity contribution in [3.05, 3.63) is 17.5 Å². The van der Waals surface area contributed by atoms with Crippen LogP contribution in [0.4, 0.5) is 23.9 Å². The lowest BCUT2D eigenvalue weighted by Crippen LogP contribution is -2.23. The van der Waals surface area contributed by atoms with Crippen molar-refractivity contribution >= 4 is 27.9 Å². The van der Waals surface area contributed by atoms with Crippen molar-refractivity contribution in [1.29, 1.82) is 0 Å². The Morgan fingerprint density at radius 1 is 1.52 bits per heavy atom. The second kappa shape index (κ2) is 7.21. The van der Waals surface area contributed by atoms with Crippen LogP contribution in [-0.4, -0.2) is 32.3 Å². The van der Waals surface area contributed by atoms with Crippen molar-refractivity contribution in [3.63, 3.8) is 0 Å². The molecule has 5 nitrogen and oxygen atoms in total. The number of carbonyl (C=O) groups excluding carboxylic acids is 1. The molecule has 1 rings (SSSR count). The van der Waals surface area contributed by atoms with Gasteiger partial charge in [0.2, 0.25) is 0 Å².